The Hall–Kier alpha value is -3.02. The molecule has 0 fully saturated rings. The zero-order valence-electron chi connectivity index (χ0n) is 17.6. The van der Waals surface area contributed by atoms with Gasteiger partial charge in [-0.3, -0.25) is 0 Å². The summed E-state index contributed by atoms with van der Waals surface area (Å²) in [5.74, 6) is 1.62. The number of aryl methyl sites for hydroxylation is 2. The maximum atomic E-state index is 5.71. The number of ether oxygens (including phenoxy) is 2. The van der Waals surface area contributed by atoms with E-state index in [1.165, 1.54) is 0 Å². The average Bonchev–Trinajstić information content (AvgIpc) is 3.42. The van der Waals surface area contributed by atoms with Crippen molar-refractivity contribution in [1.29, 1.82) is 0 Å². The van der Waals surface area contributed by atoms with Crippen molar-refractivity contribution in [2.75, 3.05) is 6.79 Å². The van der Waals surface area contributed by atoms with Gasteiger partial charge in [-0.1, -0.05) is 13.8 Å². The van der Waals surface area contributed by atoms with Crippen molar-refractivity contribution in [3.63, 3.8) is 0 Å². The van der Waals surface area contributed by atoms with Crippen LogP contribution in [0.1, 0.15) is 49.7 Å². The minimum atomic E-state index is 0.272. The van der Waals surface area contributed by atoms with Crippen molar-refractivity contribution in [2.24, 2.45) is 0 Å². The van der Waals surface area contributed by atoms with Gasteiger partial charge in [0.15, 0.2) is 17.1 Å². The van der Waals surface area contributed by atoms with Crippen molar-refractivity contribution in [3.8, 4) is 22.6 Å². The summed E-state index contributed by atoms with van der Waals surface area (Å²) in [4.78, 5) is 4.98. The zero-order chi connectivity index (χ0) is 20.3. The summed E-state index contributed by atoms with van der Waals surface area (Å²) >= 11 is 0. The SMILES string of the molecule is CCC(CC)n1ccc2c(C)nc3c(-c4ccc5c(c4C)OCO5)c(C)nn3c21. The van der Waals surface area contributed by atoms with Gasteiger partial charge in [-0.15, -0.1) is 0 Å². The second-order valence-corrected chi connectivity index (χ2v) is 7.80. The third kappa shape index (κ3) is 2.48. The Kier molecular flexibility index (Phi) is 4.05. The first-order valence-electron chi connectivity index (χ1n) is 10.3. The molecule has 0 spiro atoms. The molecule has 1 aliphatic rings. The highest BCUT2D eigenvalue weighted by atomic mass is 16.7. The molecule has 0 saturated heterocycles. The molecular weight excluding hydrogens is 364 g/mol. The van der Waals surface area contributed by atoms with E-state index in [0.717, 1.165) is 69.1 Å². The second kappa shape index (κ2) is 6.51. The number of aromatic nitrogens is 4. The van der Waals surface area contributed by atoms with Crippen LogP contribution in [0.15, 0.2) is 24.4 Å². The molecule has 6 heteroatoms. The van der Waals surface area contributed by atoms with Gasteiger partial charge in [0, 0.05) is 28.8 Å². The van der Waals surface area contributed by atoms with Gasteiger partial charge in [0.25, 0.3) is 0 Å². The molecule has 29 heavy (non-hydrogen) atoms. The third-order valence-corrected chi connectivity index (χ3v) is 6.18. The lowest BCUT2D eigenvalue weighted by atomic mass is 9.99. The molecule has 0 saturated carbocycles. The van der Waals surface area contributed by atoms with E-state index in [4.69, 9.17) is 19.6 Å². The standard InChI is InChI=1S/C23H26N4O2/c1-6-16(7-2)26-11-10-18-14(4)24-22-20(15(5)25-27(22)23(18)26)17-8-9-19-21(13(17)3)29-12-28-19/h8-11,16H,6-7,12H2,1-5H3. The van der Waals surface area contributed by atoms with E-state index in [2.05, 4.69) is 57.5 Å². The van der Waals surface area contributed by atoms with Crippen molar-refractivity contribution >= 4 is 16.7 Å². The monoisotopic (exact) mass is 390 g/mol. The molecule has 0 N–H and O–H groups in total. The molecule has 4 heterocycles. The summed E-state index contributed by atoms with van der Waals surface area (Å²) in [6.45, 7) is 11.0. The molecule has 1 aromatic carbocycles. The van der Waals surface area contributed by atoms with E-state index in [1.807, 2.05) is 10.6 Å². The van der Waals surface area contributed by atoms with E-state index in [-0.39, 0.29) is 6.79 Å². The summed E-state index contributed by atoms with van der Waals surface area (Å²) in [6, 6.07) is 6.68. The lowest BCUT2D eigenvalue weighted by Gasteiger charge is -2.17. The topological polar surface area (TPSA) is 53.6 Å². The number of fused-ring (bicyclic) bond motifs is 4. The lowest BCUT2D eigenvalue weighted by Crippen LogP contribution is -2.09. The van der Waals surface area contributed by atoms with Crippen LogP contribution >= 0.6 is 0 Å². The molecule has 5 rings (SSSR count). The Morgan fingerprint density at radius 1 is 1.03 bits per heavy atom. The average molecular weight is 390 g/mol. The predicted octanol–water partition coefficient (Wildman–Crippen LogP) is 5.37. The zero-order valence-corrected chi connectivity index (χ0v) is 17.6. The Morgan fingerprint density at radius 3 is 2.59 bits per heavy atom. The molecule has 4 aromatic rings. The number of hydrogen-bond acceptors (Lipinski definition) is 4. The van der Waals surface area contributed by atoms with Gasteiger partial charge in [0.2, 0.25) is 6.79 Å². The fourth-order valence-corrected chi connectivity index (χ4v) is 4.60. The molecule has 150 valence electrons. The molecule has 0 aliphatic carbocycles. The molecule has 0 amide bonds. The van der Waals surface area contributed by atoms with E-state index >= 15 is 0 Å². The maximum Gasteiger partial charge on any atom is 0.231 e. The summed E-state index contributed by atoms with van der Waals surface area (Å²) in [5, 5.41) is 6.09. The van der Waals surface area contributed by atoms with Crippen LogP contribution in [0.25, 0.3) is 27.8 Å². The fraction of sp³-hybridized carbons (Fsp3) is 0.391. The normalized spacial score (nSPS) is 13.3. The van der Waals surface area contributed by atoms with Crippen molar-refractivity contribution in [1.82, 2.24) is 19.2 Å². The second-order valence-electron chi connectivity index (χ2n) is 7.80. The minimum absolute atomic E-state index is 0.272. The Morgan fingerprint density at radius 2 is 1.83 bits per heavy atom. The van der Waals surface area contributed by atoms with E-state index in [9.17, 15) is 0 Å². The van der Waals surface area contributed by atoms with Crippen LogP contribution in [0, 0.1) is 20.8 Å². The fourth-order valence-electron chi connectivity index (χ4n) is 4.60. The predicted molar refractivity (Wildman–Crippen MR) is 114 cm³/mol. The summed E-state index contributed by atoms with van der Waals surface area (Å²) in [6.07, 6.45) is 4.34. The van der Waals surface area contributed by atoms with Gasteiger partial charge in [-0.2, -0.15) is 9.61 Å². The van der Waals surface area contributed by atoms with Gasteiger partial charge < -0.3 is 14.0 Å². The van der Waals surface area contributed by atoms with Crippen LogP contribution < -0.4 is 9.47 Å². The van der Waals surface area contributed by atoms with Gasteiger partial charge in [0.1, 0.15) is 5.65 Å². The van der Waals surface area contributed by atoms with Crippen LogP contribution in [0.3, 0.4) is 0 Å². The smallest absolute Gasteiger partial charge is 0.231 e. The van der Waals surface area contributed by atoms with Crippen LogP contribution in [0.4, 0.5) is 0 Å². The summed E-state index contributed by atoms with van der Waals surface area (Å²) in [5.41, 5.74) is 7.21. The van der Waals surface area contributed by atoms with Crippen LogP contribution in [0.2, 0.25) is 0 Å². The number of rotatable bonds is 4. The molecule has 0 radical (unpaired) electrons. The van der Waals surface area contributed by atoms with E-state index in [1.54, 1.807) is 0 Å². The van der Waals surface area contributed by atoms with Gasteiger partial charge >= 0.3 is 0 Å². The summed E-state index contributed by atoms with van der Waals surface area (Å²) < 4.78 is 15.6. The lowest BCUT2D eigenvalue weighted by molar-refractivity contribution is 0.173. The molecule has 0 atom stereocenters. The highest BCUT2D eigenvalue weighted by molar-refractivity contribution is 5.89. The van der Waals surface area contributed by atoms with Gasteiger partial charge in [-0.05, 0) is 57.4 Å². The van der Waals surface area contributed by atoms with Gasteiger partial charge in [-0.25, -0.2) is 4.98 Å². The highest BCUT2D eigenvalue weighted by Crippen LogP contribution is 2.42. The number of nitrogens with zero attached hydrogens (tertiary/aromatic N) is 4. The first kappa shape index (κ1) is 18.0. The van der Waals surface area contributed by atoms with Crippen LogP contribution in [-0.2, 0) is 0 Å². The Balaban J connectivity index is 1.83. The van der Waals surface area contributed by atoms with E-state index < -0.39 is 0 Å². The number of benzene rings is 1. The Bertz CT molecular complexity index is 1250. The highest BCUT2D eigenvalue weighted by Gasteiger charge is 2.24. The molecule has 3 aromatic heterocycles. The third-order valence-electron chi connectivity index (χ3n) is 6.18. The first-order chi connectivity index (χ1) is 14.0. The minimum Gasteiger partial charge on any atom is -0.454 e. The molecule has 0 unspecified atom stereocenters. The van der Waals surface area contributed by atoms with Gasteiger partial charge in [0.05, 0.1) is 11.4 Å². The molecule has 1 aliphatic heterocycles. The van der Waals surface area contributed by atoms with Crippen LogP contribution in [0.5, 0.6) is 11.5 Å². The first-order valence-corrected chi connectivity index (χ1v) is 10.3. The molecule has 0 bridgehead atoms. The molecule has 6 nitrogen and oxygen atoms in total. The summed E-state index contributed by atoms with van der Waals surface area (Å²) in [7, 11) is 0. The quantitative estimate of drug-likeness (QED) is 0.470. The van der Waals surface area contributed by atoms with E-state index in [0.29, 0.717) is 6.04 Å². The maximum absolute atomic E-state index is 5.71. The van der Waals surface area contributed by atoms with Crippen molar-refractivity contribution in [3.05, 3.63) is 41.3 Å². The van der Waals surface area contributed by atoms with Crippen molar-refractivity contribution in [2.45, 2.75) is 53.5 Å². The molecular formula is C23H26N4O2. The largest absolute Gasteiger partial charge is 0.454 e. The Labute approximate surface area is 170 Å². The van der Waals surface area contributed by atoms with Crippen molar-refractivity contribution < 1.29 is 9.47 Å². The number of hydrogen-bond donors (Lipinski definition) is 0. The van der Waals surface area contributed by atoms with Crippen LogP contribution in [-0.4, -0.2) is 26.0 Å².